The number of furan rings is 1. The van der Waals surface area contributed by atoms with Gasteiger partial charge < -0.3 is 14.5 Å². The van der Waals surface area contributed by atoms with Crippen LogP contribution in [0.2, 0.25) is 0 Å². The van der Waals surface area contributed by atoms with Crippen molar-refractivity contribution >= 4 is 40.7 Å². The zero-order valence-electron chi connectivity index (χ0n) is 15.5. The molecule has 4 rings (SSSR count). The number of hydrogen-bond donors (Lipinski definition) is 1. The summed E-state index contributed by atoms with van der Waals surface area (Å²) in [6.07, 6.45) is 1.55. The van der Waals surface area contributed by atoms with E-state index in [4.69, 9.17) is 21.4 Å². The largest absolute Gasteiger partial charge is 0.479 e. The summed E-state index contributed by atoms with van der Waals surface area (Å²) in [4.78, 5) is 24.7. The number of nitro groups is 1. The van der Waals surface area contributed by atoms with Crippen LogP contribution in [-0.2, 0) is 11.4 Å². The highest BCUT2D eigenvalue weighted by atomic mass is 32.1. The van der Waals surface area contributed by atoms with Crippen molar-refractivity contribution in [1.82, 2.24) is 5.32 Å². The average Bonchev–Trinajstić information content (AvgIpc) is 3.31. The van der Waals surface area contributed by atoms with Crippen molar-refractivity contribution in [2.45, 2.75) is 6.61 Å². The molecule has 1 N–H and O–H groups in total. The molecular weight excluding hydrogens is 406 g/mol. The van der Waals surface area contributed by atoms with E-state index in [-0.39, 0.29) is 34.8 Å². The van der Waals surface area contributed by atoms with Gasteiger partial charge in [0, 0.05) is 12.1 Å². The molecule has 0 aliphatic carbocycles. The first-order valence-corrected chi connectivity index (χ1v) is 9.31. The summed E-state index contributed by atoms with van der Waals surface area (Å²) in [6, 6.07) is 18.5. The lowest BCUT2D eigenvalue weighted by Gasteiger charge is -2.13. The van der Waals surface area contributed by atoms with Gasteiger partial charge in [-0.3, -0.25) is 19.8 Å². The summed E-state index contributed by atoms with van der Waals surface area (Å²) in [6.45, 7) is 0.00392. The summed E-state index contributed by atoms with van der Waals surface area (Å²) in [5.41, 5.74) is 0.826. The maximum atomic E-state index is 12.7. The molecule has 8 nitrogen and oxygen atoms in total. The Kier molecular flexibility index (Phi) is 5.27. The number of nitrogens with one attached hydrogen (secondary N) is 1. The fraction of sp³-hybridized carbons (Fsp3) is 0.0476. The van der Waals surface area contributed by atoms with Gasteiger partial charge in [-0.25, -0.2) is 0 Å². The minimum absolute atomic E-state index is 0.00392. The van der Waals surface area contributed by atoms with Crippen LogP contribution in [0.4, 0.5) is 11.4 Å². The molecule has 1 amide bonds. The lowest BCUT2D eigenvalue weighted by Crippen LogP contribution is -2.30. The van der Waals surface area contributed by atoms with Gasteiger partial charge in [-0.1, -0.05) is 30.3 Å². The third-order valence-electron chi connectivity index (χ3n) is 4.29. The first-order valence-electron chi connectivity index (χ1n) is 8.90. The summed E-state index contributed by atoms with van der Waals surface area (Å²) >= 11 is 5.27. The van der Waals surface area contributed by atoms with Gasteiger partial charge in [0.25, 0.3) is 5.91 Å². The van der Waals surface area contributed by atoms with Crippen molar-refractivity contribution in [3.8, 4) is 5.75 Å². The molecule has 1 aromatic heterocycles. The number of nitrogens with zero attached hydrogens (tertiary/aromatic N) is 2. The number of carbonyl (C=O) groups is 1. The van der Waals surface area contributed by atoms with Gasteiger partial charge in [-0.2, -0.15) is 0 Å². The van der Waals surface area contributed by atoms with Crippen LogP contribution in [0.1, 0.15) is 11.5 Å². The molecule has 2 aromatic carbocycles. The van der Waals surface area contributed by atoms with E-state index in [1.54, 1.807) is 42.5 Å². The number of nitro benzene ring substituents is 1. The molecule has 30 heavy (non-hydrogen) atoms. The van der Waals surface area contributed by atoms with Crippen molar-refractivity contribution < 1.29 is 18.9 Å². The predicted octanol–water partition coefficient (Wildman–Crippen LogP) is 4.03. The number of amides is 1. The molecule has 1 aliphatic heterocycles. The Labute approximate surface area is 176 Å². The highest BCUT2D eigenvalue weighted by Gasteiger charge is 2.32. The monoisotopic (exact) mass is 421 g/mol. The molecule has 1 saturated heterocycles. The lowest BCUT2D eigenvalue weighted by molar-refractivity contribution is -0.386. The van der Waals surface area contributed by atoms with E-state index in [0.717, 1.165) is 0 Å². The van der Waals surface area contributed by atoms with Gasteiger partial charge in [0.1, 0.15) is 23.8 Å². The van der Waals surface area contributed by atoms with E-state index in [1.165, 1.54) is 17.0 Å². The van der Waals surface area contributed by atoms with Crippen LogP contribution in [0.25, 0.3) is 6.08 Å². The van der Waals surface area contributed by atoms with E-state index >= 15 is 0 Å². The molecule has 0 radical (unpaired) electrons. The molecular formula is C21H15N3O5S. The molecule has 3 aromatic rings. The van der Waals surface area contributed by atoms with E-state index in [1.807, 2.05) is 18.2 Å². The molecule has 2 heterocycles. The third kappa shape index (κ3) is 3.91. The predicted molar refractivity (Wildman–Crippen MR) is 114 cm³/mol. The second-order valence-corrected chi connectivity index (χ2v) is 6.67. The third-order valence-corrected chi connectivity index (χ3v) is 4.58. The molecule has 1 aliphatic rings. The van der Waals surface area contributed by atoms with E-state index in [2.05, 4.69) is 5.32 Å². The Morgan fingerprint density at radius 2 is 1.83 bits per heavy atom. The van der Waals surface area contributed by atoms with Crippen molar-refractivity contribution in [2.24, 2.45) is 0 Å². The average molecular weight is 421 g/mol. The molecule has 9 heteroatoms. The fourth-order valence-corrected chi connectivity index (χ4v) is 3.22. The SMILES string of the molecule is O=C1/C(=C\c2ccc(COc3ccccc3[N+](=O)[O-])o2)NC(=S)N1c1ccccc1. The highest BCUT2D eigenvalue weighted by Crippen LogP contribution is 2.27. The maximum absolute atomic E-state index is 12.7. The molecule has 0 saturated carbocycles. The summed E-state index contributed by atoms with van der Waals surface area (Å²) in [5, 5.41) is 14.2. The van der Waals surface area contributed by atoms with Crippen LogP contribution in [0.15, 0.2) is 76.8 Å². The Balaban J connectivity index is 1.47. The number of rotatable bonds is 6. The van der Waals surface area contributed by atoms with Gasteiger partial charge in [-0.15, -0.1) is 0 Å². The molecule has 0 unspecified atom stereocenters. The molecule has 150 valence electrons. The van der Waals surface area contributed by atoms with E-state index in [9.17, 15) is 14.9 Å². The van der Waals surface area contributed by atoms with Crippen LogP contribution in [0.3, 0.4) is 0 Å². The van der Waals surface area contributed by atoms with Crippen LogP contribution >= 0.6 is 12.2 Å². The number of carbonyl (C=O) groups excluding carboxylic acids is 1. The van der Waals surface area contributed by atoms with Gasteiger partial charge in [-0.05, 0) is 42.5 Å². The normalized spacial score (nSPS) is 14.8. The van der Waals surface area contributed by atoms with Crippen molar-refractivity contribution in [1.29, 1.82) is 0 Å². The smallest absolute Gasteiger partial charge is 0.310 e. The van der Waals surface area contributed by atoms with Crippen LogP contribution < -0.4 is 15.0 Å². The standard InChI is InChI=1S/C21H15N3O5S/c25-20-17(22-21(30)23(20)14-6-2-1-3-7-14)12-15-10-11-16(29-15)13-28-19-9-5-4-8-18(19)24(26)27/h1-12H,13H2,(H,22,30)/b17-12+. The maximum Gasteiger partial charge on any atom is 0.310 e. The Bertz CT molecular complexity index is 1160. The molecule has 0 spiro atoms. The number of anilines is 1. The Morgan fingerprint density at radius 3 is 2.60 bits per heavy atom. The highest BCUT2D eigenvalue weighted by molar-refractivity contribution is 7.80. The lowest BCUT2D eigenvalue weighted by atomic mass is 10.3. The molecule has 1 fully saturated rings. The fourth-order valence-electron chi connectivity index (χ4n) is 2.92. The number of benzene rings is 2. The topological polar surface area (TPSA) is 97.8 Å². The molecule has 0 atom stereocenters. The van der Waals surface area contributed by atoms with Gasteiger partial charge in [0.2, 0.25) is 0 Å². The summed E-state index contributed by atoms with van der Waals surface area (Å²) < 4.78 is 11.2. The van der Waals surface area contributed by atoms with Gasteiger partial charge >= 0.3 is 5.69 Å². The van der Waals surface area contributed by atoms with Gasteiger partial charge in [0.05, 0.1) is 10.6 Å². The van der Waals surface area contributed by atoms with Crippen molar-refractivity contribution in [2.75, 3.05) is 4.90 Å². The van der Waals surface area contributed by atoms with E-state index < -0.39 is 4.92 Å². The number of ether oxygens (including phenoxy) is 1. The van der Waals surface area contributed by atoms with E-state index in [0.29, 0.717) is 17.2 Å². The van der Waals surface area contributed by atoms with Crippen molar-refractivity contribution in [3.63, 3.8) is 0 Å². The first kappa shape index (κ1) is 19.3. The summed E-state index contributed by atoms with van der Waals surface area (Å²) in [7, 11) is 0. The number of para-hydroxylation sites is 3. The zero-order valence-corrected chi connectivity index (χ0v) is 16.3. The minimum atomic E-state index is -0.508. The van der Waals surface area contributed by atoms with Crippen LogP contribution in [0.5, 0.6) is 5.75 Å². The van der Waals surface area contributed by atoms with Crippen LogP contribution in [-0.4, -0.2) is 15.9 Å². The Morgan fingerprint density at radius 1 is 1.10 bits per heavy atom. The number of hydrogen-bond acceptors (Lipinski definition) is 6. The summed E-state index contributed by atoms with van der Waals surface area (Å²) in [5.74, 6) is 0.730. The molecule has 0 bridgehead atoms. The second kappa shape index (κ2) is 8.18. The van der Waals surface area contributed by atoms with Crippen molar-refractivity contribution in [3.05, 3.63) is 94.1 Å². The van der Waals surface area contributed by atoms with Gasteiger partial charge in [0.15, 0.2) is 10.9 Å². The minimum Gasteiger partial charge on any atom is -0.479 e. The number of thiocarbonyl (C=S) groups is 1. The van der Waals surface area contributed by atoms with Crippen LogP contribution in [0, 0.1) is 10.1 Å². The quantitative estimate of drug-likeness (QED) is 0.278. The zero-order chi connectivity index (χ0) is 21.1. The second-order valence-electron chi connectivity index (χ2n) is 6.28. The first-order chi connectivity index (χ1) is 14.5. The Hall–Kier alpha value is -3.98.